The predicted molar refractivity (Wildman–Crippen MR) is 246 cm³/mol. The van der Waals surface area contributed by atoms with Gasteiger partial charge in [0.05, 0.1) is 12.8 Å². The van der Waals surface area contributed by atoms with Gasteiger partial charge in [-0.15, -0.1) is 0 Å². The van der Waals surface area contributed by atoms with Crippen LogP contribution in [-0.2, 0) is 47.9 Å². The number of rotatable bonds is 13. The van der Waals surface area contributed by atoms with Crippen molar-refractivity contribution in [1.29, 1.82) is 0 Å². The first-order valence-electron chi connectivity index (χ1n) is 23.8. The van der Waals surface area contributed by atoms with E-state index < -0.39 is 95.6 Å². The van der Waals surface area contributed by atoms with E-state index in [0.717, 1.165) is 0 Å². The van der Waals surface area contributed by atoms with Crippen molar-refractivity contribution in [2.24, 2.45) is 11.8 Å². The van der Waals surface area contributed by atoms with Crippen molar-refractivity contribution in [3.8, 4) is 0 Å². The highest BCUT2D eigenvalue weighted by Crippen LogP contribution is 2.29. The average Bonchev–Trinajstić information content (AvgIpc) is 4.13. The largest absolute Gasteiger partial charge is 0.354 e. The summed E-state index contributed by atoms with van der Waals surface area (Å²) in [5.41, 5.74) is 0. The molecular weight excluding hydrogens is 893 g/mol. The quantitative estimate of drug-likeness (QED) is 0.100. The highest BCUT2D eigenvalue weighted by atomic mass is 33.1. The summed E-state index contributed by atoms with van der Waals surface area (Å²) < 4.78 is 0. The van der Waals surface area contributed by atoms with E-state index in [9.17, 15) is 47.9 Å². The Morgan fingerprint density at radius 3 is 1.23 bits per heavy atom. The molecule has 8 atom stereocenters. The molecule has 6 aliphatic rings. The van der Waals surface area contributed by atoms with Gasteiger partial charge in [0.1, 0.15) is 48.3 Å². The minimum atomic E-state index is -1.21. The third kappa shape index (κ3) is 12.3. The Hall–Kier alpha value is -4.60. The molecule has 0 aromatic heterocycles. The van der Waals surface area contributed by atoms with Crippen LogP contribution in [0.15, 0.2) is 0 Å². The van der Waals surface area contributed by atoms with E-state index in [1.165, 1.54) is 19.6 Å². The van der Waals surface area contributed by atoms with Gasteiger partial charge in [-0.2, -0.15) is 0 Å². The Morgan fingerprint density at radius 1 is 0.515 bits per heavy atom. The monoisotopic (exact) mass is 960 g/mol. The molecule has 6 fully saturated rings. The number of fused-ring (bicyclic) bond motifs is 4. The molecule has 6 aliphatic heterocycles. The number of nitrogens with zero attached hydrogens (tertiary/aromatic N) is 4. The molecule has 0 aromatic carbocycles. The molecule has 22 heteroatoms. The maximum Gasteiger partial charge on any atom is 0.246 e. The first kappa shape index (κ1) is 50.8. The molecule has 6 rings (SSSR count). The molecule has 0 aromatic rings. The predicted octanol–water partition coefficient (Wildman–Crippen LogP) is -0.597. The van der Waals surface area contributed by atoms with Crippen LogP contribution in [0.4, 0.5) is 0 Å². The van der Waals surface area contributed by atoms with Gasteiger partial charge in [0.2, 0.25) is 59.1 Å². The molecule has 10 amide bonds. The van der Waals surface area contributed by atoms with Crippen LogP contribution in [0, 0.1) is 11.8 Å². The van der Waals surface area contributed by atoms with Gasteiger partial charge < -0.3 is 51.5 Å². The Bertz CT molecular complexity index is 1720. The lowest BCUT2D eigenvalue weighted by Gasteiger charge is -2.31. The maximum absolute atomic E-state index is 13.7. The summed E-state index contributed by atoms with van der Waals surface area (Å²) in [7, 11) is 3.15. The molecule has 0 unspecified atom stereocenters. The number of amides is 10. The zero-order valence-electron chi connectivity index (χ0n) is 38.6. The van der Waals surface area contributed by atoms with E-state index in [2.05, 4.69) is 31.9 Å². The number of carbonyl (C=O) groups is 10. The van der Waals surface area contributed by atoms with Gasteiger partial charge in [-0.25, -0.2) is 0 Å². The molecule has 6 heterocycles. The first-order chi connectivity index (χ1) is 31.6. The van der Waals surface area contributed by atoms with Crippen LogP contribution in [0.1, 0.15) is 105 Å². The van der Waals surface area contributed by atoms with Gasteiger partial charge in [0.25, 0.3) is 0 Å². The number of carbonyl (C=O) groups excluding carboxylic acids is 10. The molecule has 6 N–H and O–H groups in total. The van der Waals surface area contributed by atoms with E-state index in [1.54, 1.807) is 49.3 Å². The Labute approximate surface area is 394 Å². The highest BCUT2D eigenvalue weighted by molar-refractivity contribution is 8.76. The summed E-state index contributed by atoms with van der Waals surface area (Å²) in [5.74, 6) is -3.79. The normalized spacial score (nSPS) is 29.2. The molecular formula is C44H68N10O10S2. The summed E-state index contributed by atoms with van der Waals surface area (Å²) in [6.07, 6.45) is 4.87. The van der Waals surface area contributed by atoms with Gasteiger partial charge in [-0.3, -0.25) is 47.9 Å². The van der Waals surface area contributed by atoms with Crippen molar-refractivity contribution < 1.29 is 47.9 Å². The van der Waals surface area contributed by atoms with Gasteiger partial charge in [-0.05, 0) is 76.0 Å². The fourth-order valence-electron chi connectivity index (χ4n) is 9.78. The molecule has 0 spiro atoms. The molecule has 20 nitrogen and oxygen atoms in total. The second-order valence-corrected chi connectivity index (χ2v) is 21.5. The van der Waals surface area contributed by atoms with Crippen molar-refractivity contribution >= 4 is 80.7 Å². The minimum Gasteiger partial charge on any atom is -0.354 e. The fourth-order valence-corrected chi connectivity index (χ4v) is 12.0. The van der Waals surface area contributed by atoms with Crippen molar-refractivity contribution in [3.05, 3.63) is 0 Å². The van der Waals surface area contributed by atoms with Crippen molar-refractivity contribution in [2.75, 3.05) is 50.8 Å². The van der Waals surface area contributed by atoms with Crippen LogP contribution >= 0.6 is 21.6 Å². The van der Waals surface area contributed by atoms with Crippen LogP contribution in [0.3, 0.4) is 0 Å². The maximum atomic E-state index is 13.7. The first-order valence-corrected chi connectivity index (χ1v) is 26.3. The van der Waals surface area contributed by atoms with Gasteiger partial charge in [0.15, 0.2) is 0 Å². The van der Waals surface area contributed by atoms with Crippen molar-refractivity contribution in [3.63, 3.8) is 0 Å². The summed E-state index contributed by atoms with van der Waals surface area (Å²) in [4.78, 5) is 142. The molecule has 0 bridgehead atoms. The number of hydrogen-bond donors (Lipinski definition) is 6. The lowest BCUT2D eigenvalue weighted by Crippen LogP contribution is -2.58. The highest BCUT2D eigenvalue weighted by Gasteiger charge is 2.46. The molecule has 6 saturated heterocycles. The summed E-state index contributed by atoms with van der Waals surface area (Å²) in [6.45, 7) is 9.13. The number of nitrogens with one attached hydrogen (secondary N) is 6. The topological polar surface area (TPSA) is 256 Å². The molecule has 366 valence electrons. The smallest absolute Gasteiger partial charge is 0.246 e. The zero-order chi connectivity index (χ0) is 47.7. The average molecular weight is 961 g/mol. The third-order valence-electron chi connectivity index (χ3n) is 13.4. The minimum absolute atomic E-state index is 0.271. The van der Waals surface area contributed by atoms with E-state index in [0.29, 0.717) is 102 Å². The molecule has 0 aliphatic carbocycles. The van der Waals surface area contributed by atoms with E-state index in [4.69, 9.17) is 0 Å². The van der Waals surface area contributed by atoms with E-state index in [1.807, 2.05) is 0 Å². The van der Waals surface area contributed by atoms with E-state index >= 15 is 0 Å². The second kappa shape index (κ2) is 23.4. The van der Waals surface area contributed by atoms with Gasteiger partial charge in [0, 0.05) is 50.8 Å². The SMILES string of the molecule is CC(C)[C@@H]1NC(=O)[C@H]2CCCN2C(=O)[C@@H]2CCCN2C(=O)C[C@H](C(=O)NCCCSSCCCNC(=O)[C@H]2CC(=O)N3CCC[C@H]3C(=O)N3CCC[C@@H]3C(=O)N[C@@H](C(C)C)C(=O)N2)NC1=O. The molecule has 0 saturated carbocycles. The fraction of sp³-hybridized carbons (Fsp3) is 0.773. The third-order valence-corrected chi connectivity index (χ3v) is 16.0. The number of hydrogen-bond acceptors (Lipinski definition) is 12. The van der Waals surface area contributed by atoms with Crippen LogP contribution < -0.4 is 31.9 Å². The standard InChI is InChI=1S/C44H68N10O10S2/c1-25(2)35-41(61)47-27(23-33(55)51-17-7-13-31(51)43(63)53-19-5-11-29(53)39(59)49-35)37(57)45-15-9-21-65-66-22-10-16-46-38(58)28-24-34(56)52-18-8-14-32(52)44(64)54-20-6-12-30(54)40(60)50-36(26(3)4)42(62)48-28/h25-32,35-36H,5-24H2,1-4H3,(H,45,57)(H,46,58)(H,47,61)(H,48,62)(H,49,59)(H,50,60)/t27-,28-,29-,30-,31+,32+,35+,36+/m1/s1. The summed E-state index contributed by atoms with van der Waals surface area (Å²) in [5, 5.41) is 16.8. The zero-order valence-corrected chi connectivity index (χ0v) is 40.2. The summed E-state index contributed by atoms with van der Waals surface area (Å²) >= 11 is 0. The van der Waals surface area contributed by atoms with Gasteiger partial charge in [-0.1, -0.05) is 49.3 Å². The molecule has 66 heavy (non-hydrogen) atoms. The van der Waals surface area contributed by atoms with Crippen LogP contribution in [0.5, 0.6) is 0 Å². The van der Waals surface area contributed by atoms with Crippen LogP contribution in [0.2, 0.25) is 0 Å². The Kier molecular flexibility index (Phi) is 18.0. The summed E-state index contributed by atoms with van der Waals surface area (Å²) in [6, 6.07) is -7.28. The molecule has 0 radical (unpaired) electrons. The van der Waals surface area contributed by atoms with Crippen molar-refractivity contribution in [1.82, 2.24) is 51.5 Å². The van der Waals surface area contributed by atoms with Crippen LogP contribution in [0.25, 0.3) is 0 Å². The lowest BCUT2D eigenvalue weighted by atomic mass is 10.0. The second-order valence-electron chi connectivity index (χ2n) is 18.8. The lowest BCUT2D eigenvalue weighted by molar-refractivity contribution is -0.147. The van der Waals surface area contributed by atoms with Crippen LogP contribution in [-0.4, -0.2) is 178 Å². The van der Waals surface area contributed by atoms with E-state index in [-0.39, 0.29) is 49.6 Å². The van der Waals surface area contributed by atoms with Crippen molar-refractivity contribution in [2.45, 2.75) is 153 Å². The van der Waals surface area contributed by atoms with Gasteiger partial charge >= 0.3 is 0 Å². The Morgan fingerprint density at radius 2 is 0.864 bits per heavy atom. The Balaban J connectivity index is 0.955.